The van der Waals surface area contributed by atoms with E-state index in [9.17, 15) is 19.5 Å². The normalized spacial score (nSPS) is 13.7. The summed E-state index contributed by atoms with van der Waals surface area (Å²) in [4.78, 5) is 40.2. The summed E-state index contributed by atoms with van der Waals surface area (Å²) in [5, 5.41) is 14.0. The molecule has 2 rings (SSSR count). The number of hydrogen-bond donors (Lipinski definition) is 1. The van der Waals surface area contributed by atoms with Gasteiger partial charge in [0.25, 0.3) is 5.56 Å². The van der Waals surface area contributed by atoms with Crippen molar-refractivity contribution in [3.8, 4) is 0 Å². The summed E-state index contributed by atoms with van der Waals surface area (Å²) in [6.07, 6.45) is 1.55. The van der Waals surface area contributed by atoms with Crippen LogP contribution in [0.25, 0.3) is 10.9 Å². The summed E-state index contributed by atoms with van der Waals surface area (Å²) in [7, 11) is 0. The number of rotatable bonds is 6. The monoisotopic (exact) mass is 330 g/mol. The molecule has 0 fully saturated rings. The molecule has 0 unspecified atom stereocenters. The van der Waals surface area contributed by atoms with Gasteiger partial charge in [-0.05, 0) is 31.4 Å². The zero-order valence-corrected chi connectivity index (χ0v) is 13.9. The third-order valence-electron chi connectivity index (χ3n) is 3.80. The number of nitrogens with one attached hydrogen (secondary N) is 1. The fourth-order valence-corrected chi connectivity index (χ4v) is 2.46. The molecule has 0 radical (unpaired) electrons. The maximum absolute atomic E-state index is 12.5. The molecule has 0 aliphatic rings. The van der Waals surface area contributed by atoms with Crippen molar-refractivity contribution in [2.45, 2.75) is 39.3 Å². The molecule has 1 N–H and O–H groups in total. The Morgan fingerprint density at radius 2 is 1.92 bits per heavy atom. The lowest BCUT2D eigenvalue weighted by molar-refractivity contribution is -0.308. The molecule has 0 aliphatic heterocycles. The van der Waals surface area contributed by atoms with Crippen LogP contribution in [0.2, 0.25) is 0 Å². The first kappa shape index (κ1) is 17.7. The number of carbonyl (C=O) groups excluding carboxylic acids is 2. The number of amides is 1. The smallest absolute Gasteiger partial charge is 0.261 e. The van der Waals surface area contributed by atoms with Crippen molar-refractivity contribution in [3.63, 3.8) is 0 Å². The van der Waals surface area contributed by atoms with Gasteiger partial charge in [-0.3, -0.25) is 14.2 Å². The number of carboxylic acids is 1. The van der Waals surface area contributed by atoms with Crippen LogP contribution >= 0.6 is 0 Å². The molecule has 24 heavy (non-hydrogen) atoms. The second-order valence-electron chi connectivity index (χ2n) is 6.16. The zero-order chi connectivity index (χ0) is 17.9. The fraction of sp³-hybridized carbons (Fsp3) is 0.412. The Bertz CT molecular complexity index is 813. The topological polar surface area (TPSA) is 104 Å². The lowest BCUT2D eigenvalue weighted by atomic mass is 10.0. The van der Waals surface area contributed by atoms with Crippen LogP contribution in [0, 0.1) is 5.92 Å². The van der Waals surface area contributed by atoms with Gasteiger partial charge in [-0.25, -0.2) is 4.98 Å². The Labute approximate surface area is 139 Å². The highest BCUT2D eigenvalue weighted by atomic mass is 16.4. The Morgan fingerprint density at radius 1 is 1.25 bits per heavy atom. The van der Waals surface area contributed by atoms with E-state index in [1.165, 1.54) is 17.8 Å². The van der Waals surface area contributed by atoms with E-state index in [0.29, 0.717) is 10.9 Å². The minimum Gasteiger partial charge on any atom is -0.548 e. The van der Waals surface area contributed by atoms with Gasteiger partial charge in [0.2, 0.25) is 5.91 Å². The molecule has 7 nitrogen and oxygen atoms in total. The highest BCUT2D eigenvalue weighted by Crippen LogP contribution is 2.10. The Hall–Kier alpha value is -2.70. The van der Waals surface area contributed by atoms with E-state index in [4.69, 9.17) is 0 Å². The summed E-state index contributed by atoms with van der Waals surface area (Å²) in [5.74, 6) is -1.83. The van der Waals surface area contributed by atoms with Crippen LogP contribution in [0.4, 0.5) is 0 Å². The number of nitrogens with zero attached hydrogens (tertiary/aromatic N) is 2. The first-order chi connectivity index (χ1) is 11.3. The van der Waals surface area contributed by atoms with Gasteiger partial charge in [-0.2, -0.15) is 0 Å². The lowest BCUT2D eigenvalue weighted by Gasteiger charge is -2.24. The average Bonchev–Trinajstić information content (AvgIpc) is 2.53. The Kier molecular flexibility index (Phi) is 5.33. The number of para-hydroxylation sites is 1. The Morgan fingerprint density at radius 3 is 2.54 bits per heavy atom. The number of aromatic nitrogens is 2. The standard InChI is InChI=1S/C17H21N3O4/c1-10(2)8-14(17(23)24)19-15(21)11(3)20-9-18-13-7-5-4-6-12(13)16(20)22/h4-7,9-11,14H,8H2,1-3H3,(H,19,21)(H,23,24)/p-1/t11-,14-/m0/s1. The highest BCUT2D eigenvalue weighted by Gasteiger charge is 2.22. The fourth-order valence-electron chi connectivity index (χ4n) is 2.46. The number of fused-ring (bicyclic) bond motifs is 1. The second kappa shape index (κ2) is 7.25. The summed E-state index contributed by atoms with van der Waals surface area (Å²) in [6.45, 7) is 5.22. The van der Waals surface area contributed by atoms with Gasteiger partial charge in [0, 0.05) is 0 Å². The highest BCUT2D eigenvalue weighted by molar-refractivity contribution is 5.85. The molecule has 128 valence electrons. The third-order valence-corrected chi connectivity index (χ3v) is 3.80. The number of aliphatic carboxylic acids is 1. The van der Waals surface area contributed by atoms with Gasteiger partial charge < -0.3 is 15.2 Å². The lowest BCUT2D eigenvalue weighted by Crippen LogP contribution is -2.50. The van der Waals surface area contributed by atoms with Crippen LogP contribution in [0.1, 0.15) is 33.2 Å². The van der Waals surface area contributed by atoms with Crippen LogP contribution in [0.3, 0.4) is 0 Å². The molecule has 2 aromatic rings. The van der Waals surface area contributed by atoms with Crippen LogP contribution in [-0.2, 0) is 9.59 Å². The third kappa shape index (κ3) is 3.79. The molecule has 0 saturated heterocycles. The summed E-state index contributed by atoms with van der Waals surface area (Å²) >= 11 is 0. The number of carbonyl (C=O) groups is 2. The summed E-state index contributed by atoms with van der Waals surface area (Å²) in [5.41, 5.74) is 0.191. The molecule has 2 atom stereocenters. The molecule has 0 aliphatic carbocycles. The Balaban J connectivity index is 2.26. The second-order valence-corrected chi connectivity index (χ2v) is 6.16. The number of benzene rings is 1. The minimum absolute atomic E-state index is 0.0774. The van der Waals surface area contributed by atoms with E-state index in [1.807, 2.05) is 13.8 Å². The largest absolute Gasteiger partial charge is 0.548 e. The maximum Gasteiger partial charge on any atom is 0.261 e. The molecule has 0 saturated carbocycles. The van der Waals surface area contributed by atoms with Crippen molar-refractivity contribution in [2.24, 2.45) is 5.92 Å². The average molecular weight is 330 g/mol. The van der Waals surface area contributed by atoms with Crippen molar-refractivity contribution in [2.75, 3.05) is 0 Å². The van der Waals surface area contributed by atoms with Crippen LogP contribution in [-0.4, -0.2) is 27.5 Å². The molecule has 1 aromatic heterocycles. The molecular weight excluding hydrogens is 310 g/mol. The molecule has 1 aromatic carbocycles. The van der Waals surface area contributed by atoms with E-state index < -0.39 is 24.0 Å². The molecular formula is C17H20N3O4-. The minimum atomic E-state index is -1.34. The maximum atomic E-state index is 12.5. The number of hydrogen-bond acceptors (Lipinski definition) is 5. The molecule has 0 spiro atoms. The predicted molar refractivity (Wildman–Crippen MR) is 87.1 cm³/mol. The van der Waals surface area contributed by atoms with E-state index in [0.717, 1.165) is 0 Å². The van der Waals surface area contributed by atoms with Crippen LogP contribution < -0.4 is 16.0 Å². The van der Waals surface area contributed by atoms with Gasteiger partial charge in [-0.1, -0.05) is 26.0 Å². The quantitative estimate of drug-likeness (QED) is 0.817. The van der Waals surface area contributed by atoms with E-state index in [-0.39, 0.29) is 17.9 Å². The summed E-state index contributed by atoms with van der Waals surface area (Å²) < 4.78 is 1.19. The van der Waals surface area contributed by atoms with Crippen molar-refractivity contribution in [3.05, 3.63) is 40.9 Å². The van der Waals surface area contributed by atoms with Crippen molar-refractivity contribution in [1.82, 2.24) is 14.9 Å². The van der Waals surface area contributed by atoms with Gasteiger partial charge in [0.1, 0.15) is 6.04 Å². The van der Waals surface area contributed by atoms with Crippen molar-refractivity contribution in [1.29, 1.82) is 0 Å². The molecule has 1 heterocycles. The van der Waals surface area contributed by atoms with E-state index >= 15 is 0 Å². The van der Waals surface area contributed by atoms with Crippen LogP contribution in [0.5, 0.6) is 0 Å². The van der Waals surface area contributed by atoms with Crippen molar-refractivity contribution >= 4 is 22.8 Å². The van der Waals surface area contributed by atoms with E-state index in [2.05, 4.69) is 10.3 Å². The van der Waals surface area contributed by atoms with Crippen molar-refractivity contribution < 1.29 is 14.7 Å². The van der Waals surface area contributed by atoms with Gasteiger partial charge in [-0.15, -0.1) is 0 Å². The predicted octanol–water partition coefficient (Wildman–Crippen LogP) is 0.238. The van der Waals surface area contributed by atoms with Gasteiger partial charge >= 0.3 is 0 Å². The number of carboxylic acid groups (broad SMARTS) is 1. The molecule has 1 amide bonds. The van der Waals surface area contributed by atoms with Crippen LogP contribution in [0.15, 0.2) is 35.4 Å². The first-order valence-corrected chi connectivity index (χ1v) is 7.78. The zero-order valence-electron chi connectivity index (χ0n) is 13.9. The molecule has 7 heteroatoms. The SMILES string of the molecule is CC(C)C[C@H](NC(=O)[C@H](C)n1cnc2ccccc2c1=O)C(=O)[O-]. The van der Waals surface area contributed by atoms with Gasteiger partial charge in [0.05, 0.1) is 29.2 Å². The van der Waals surface area contributed by atoms with E-state index in [1.54, 1.807) is 24.3 Å². The summed E-state index contributed by atoms with van der Waals surface area (Å²) in [6, 6.07) is 4.85. The molecule has 0 bridgehead atoms. The first-order valence-electron chi connectivity index (χ1n) is 7.78. The van der Waals surface area contributed by atoms with Gasteiger partial charge in [0.15, 0.2) is 0 Å².